The first kappa shape index (κ1) is 16.4. The molecule has 0 radical (unpaired) electrons. The third kappa shape index (κ3) is 3.63. The Labute approximate surface area is 129 Å². The topological polar surface area (TPSA) is 97.3 Å². The molecule has 2 rings (SSSR count). The van der Waals surface area contributed by atoms with Gasteiger partial charge in [-0.15, -0.1) is 0 Å². The molecule has 0 saturated carbocycles. The van der Waals surface area contributed by atoms with Gasteiger partial charge in [0, 0.05) is 20.2 Å². The van der Waals surface area contributed by atoms with E-state index in [9.17, 15) is 9.90 Å². The number of H-pyrrole nitrogens is 1. The number of carboxylic acids is 1. The number of fused-ring (bicyclic) bond motifs is 1. The van der Waals surface area contributed by atoms with Crippen LogP contribution in [0.5, 0.6) is 5.75 Å². The van der Waals surface area contributed by atoms with Gasteiger partial charge in [0.15, 0.2) is 11.3 Å². The smallest absolute Gasteiger partial charge is 0.354 e. The number of carboxylic acid groups (broad SMARTS) is 1. The molecule has 0 aliphatic carbocycles. The van der Waals surface area contributed by atoms with Crippen LogP contribution in [0, 0.1) is 0 Å². The normalized spacial score (nSPS) is 11.8. The number of methoxy groups -OCH3 is 1. The lowest BCUT2D eigenvalue weighted by Crippen LogP contribution is -2.21. The molecule has 2 aromatic heterocycles. The number of aromatic amines is 1. The quantitative estimate of drug-likeness (QED) is 0.600. The lowest BCUT2D eigenvalue weighted by molar-refractivity contribution is 0.0692. The molecular formula is C14H21N3O4Si. The van der Waals surface area contributed by atoms with Gasteiger partial charge in [-0.3, -0.25) is 5.10 Å². The Balaban J connectivity index is 2.29. The summed E-state index contributed by atoms with van der Waals surface area (Å²) in [7, 11) is 0.355. The van der Waals surface area contributed by atoms with Gasteiger partial charge < -0.3 is 14.6 Å². The molecule has 0 unspecified atom stereocenters. The highest BCUT2D eigenvalue weighted by Crippen LogP contribution is 2.28. The minimum Gasteiger partial charge on any atom is -0.495 e. The standard InChI is InChI=1S/C14H21N3O4Si/c1-20-10-7-15-13-11(12(14(18)19)16-17-13)9(10)8-21-5-6-22(2,3)4/h7H,5-6,8H2,1-4H3,(H,18,19)(H,15,16,17). The molecule has 0 bridgehead atoms. The maximum atomic E-state index is 11.3. The number of carbonyl (C=O) groups is 1. The summed E-state index contributed by atoms with van der Waals surface area (Å²) in [4.78, 5) is 15.4. The zero-order valence-corrected chi connectivity index (χ0v) is 14.3. The summed E-state index contributed by atoms with van der Waals surface area (Å²) in [5.74, 6) is -0.578. The van der Waals surface area contributed by atoms with Crippen LogP contribution in [-0.2, 0) is 11.3 Å². The monoisotopic (exact) mass is 323 g/mol. The van der Waals surface area contributed by atoms with Crippen molar-refractivity contribution < 1.29 is 19.4 Å². The second-order valence-electron chi connectivity index (χ2n) is 6.27. The number of rotatable bonds is 7. The number of pyridine rings is 1. The van der Waals surface area contributed by atoms with Gasteiger partial charge in [-0.1, -0.05) is 19.6 Å². The minimum atomic E-state index is -1.17. The fourth-order valence-electron chi connectivity index (χ4n) is 2.06. The summed E-state index contributed by atoms with van der Waals surface area (Å²) in [6.45, 7) is 7.75. The predicted octanol–water partition coefficient (Wildman–Crippen LogP) is 2.52. The van der Waals surface area contributed by atoms with E-state index >= 15 is 0 Å². The van der Waals surface area contributed by atoms with Crippen LogP contribution < -0.4 is 4.74 Å². The van der Waals surface area contributed by atoms with Crippen molar-refractivity contribution in [3.8, 4) is 5.75 Å². The molecule has 2 N–H and O–H groups in total. The molecule has 0 atom stereocenters. The first-order chi connectivity index (χ1) is 10.3. The van der Waals surface area contributed by atoms with Crippen molar-refractivity contribution in [2.45, 2.75) is 32.3 Å². The molecule has 0 aliphatic rings. The predicted molar refractivity (Wildman–Crippen MR) is 85.2 cm³/mol. The van der Waals surface area contributed by atoms with Crippen molar-refractivity contribution in [1.82, 2.24) is 15.2 Å². The van der Waals surface area contributed by atoms with E-state index in [1.54, 1.807) is 0 Å². The third-order valence-corrected chi connectivity index (χ3v) is 5.03. The van der Waals surface area contributed by atoms with Crippen molar-refractivity contribution in [1.29, 1.82) is 0 Å². The second-order valence-corrected chi connectivity index (χ2v) is 11.9. The van der Waals surface area contributed by atoms with Gasteiger partial charge in [-0.25, -0.2) is 9.78 Å². The maximum Gasteiger partial charge on any atom is 0.354 e. The molecule has 0 aliphatic heterocycles. The van der Waals surface area contributed by atoms with Gasteiger partial charge in [0.25, 0.3) is 0 Å². The number of nitrogens with one attached hydrogen (secondary N) is 1. The lowest BCUT2D eigenvalue weighted by Gasteiger charge is -2.16. The van der Waals surface area contributed by atoms with Crippen molar-refractivity contribution in [3.05, 3.63) is 17.5 Å². The fourth-order valence-corrected chi connectivity index (χ4v) is 2.82. The van der Waals surface area contributed by atoms with E-state index in [4.69, 9.17) is 9.47 Å². The van der Waals surface area contributed by atoms with Crippen LogP contribution in [0.2, 0.25) is 25.7 Å². The molecule has 0 amide bonds. The van der Waals surface area contributed by atoms with Crippen LogP contribution in [0.15, 0.2) is 6.20 Å². The summed E-state index contributed by atoms with van der Waals surface area (Å²) in [6.07, 6.45) is 1.53. The van der Waals surface area contributed by atoms with Crippen LogP contribution in [0.3, 0.4) is 0 Å². The molecular weight excluding hydrogens is 302 g/mol. The van der Waals surface area contributed by atoms with Gasteiger partial charge in [0.05, 0.1) is 25.3 Å². The molecule has 0 spiro atoms. The van der Waals surface area contributed by atoms with E-state index in [1.165, 1.54) is 13.3 Å². The Morgan fingerprint density at radius 3 is 2.73 bits per heavy atom. The average molecular weight is 323 g/mol. The summed E-state index contributed by atoms with van der Waals surface area (Å²) >= 11 is 0. The molecule has 0 aromatic carbocycles. The van der Waals surface area contributed by atoms with Gasteiger partial charge in [-0.2, -0.15) is 5.10 Å². The molecule has 22 heavy (non-hydrogen) atoms. The number of aromatic carboxylic acids is 1. The van der Waals surface area contributed by atoms with Gasteiger partial charge in [0.1, 0.15) is 5.75 Å². The Bertz CT molecular complexity index is 679. The van der Waals surface area contributed by atoms with E-state index in [0.29, 0.717) is 29.0 Å². The summed E-state index contributed by atoms with van der Waals surface area (Å²) in [5.41, 5.74) is 1.02. The van der Waals surface area contributed by atoms with Crippen molar-refractivity contribution in [2.75, 3.05) is 13.7 Å². The fraction of sp³-hybridized carbons (Fsp3) is 0.500. The number of nitrogens with zero attached hydrogens (tertiary/aromatic N) is 2. The third-order valence-electron chi connectivity index (χ3n) is 3.33. The van der Waals surface area contributed by atoms with Gasteiger partial charge in [-0.05, 0) is 6.04 Å². The SMILES string of the molecule is COc1cnc2n[nH]c(C(=O)O)c2c1COCC[Si](C)(C)C. The van der Waals surface area contributed by atoms with E-state index in [2.05, 4.69) is 34.8 Å². The minimum absolute atomic E-state index is 0.00481. The Hall–Kier alpha value is -1.93. The van der Waals surface area contributed by atoms with E-state index in [0.717, 1.165) is 6.04 Å². The van der Waals surface area contributed by atoms with Crippen LogP contribution in [0.25, 0.3) is 11.0 Å². The second kappa shape index (κ2) is 6.45. The first-order valence-electron chi connectivity index (χ1n) is 7.04. The van der Waals surface area contributed by atoms with Crippen LogP contribution >= 0.6 is 0 Å². The number of hydrogen-bond acceptors (Lipinski definition) is 5. The average Bonchev–Trinajstić information content (AvgIpc) is 2.86. The Kier molecular flexibility index (Phi) is 4.82. The highest BCUT2D eigenvalue weighted by molar-refractivity contribution is 6.76. The van der Waals surface area contributed by atoms with Crippen molar-refractivity contribution in [3.63, 3.8) is 0 Å². The number of hydrogen-bond donors (Lipinski definition) is 2. The zero-order chi connectivity index (χ0) is 16.3. The van der Waals surface area contributed by atoms with Gasteiger partial charge >= 0.3 is 5.97 Å². The van der Waals surface area contributed by atoms with Crippen LogP contribution in [-0.4, -0.2) is 48.0 Å². The Morgan fingerprint density at radius 2 is 2.14 bits per heavy atom. The molecule has 7 nitrogen and oxygen atoms in total. The first-order valence-corrected chi connectivity index (χ1v) is 10.7. The van der Waals surface area contributed by atoms with E-state index in [1.807, 2.05) is 0 Å². The van der Waals surface area contributed by atoms with Crippen LogP contribution in [0.1, 0.15) is 16.1 Å². The molecule has 8 heteroatoms. The summed E-state index contributed by atoms with van der Waals surface area (Å²) < 4.78 is 11.0. The lowest BCUT2D eigenvalue weighted by atomic mass is 10.1. The highest BCUT2D eigenvalue weighted by Gasteiger charge is 2.20. The molecule has 2 aromatic rings. The molecule has 0 fully saturated rings. The van der Waals surface area contributed by atoms with Gasteiger partial charge in [0.2, 0.25) is 0 Å². The molecule has 120 valence electrons. The van der Waals surface area contributed by atoms with E-state index in [-0.39, 0.29) is 12.3 Å². The molecule has 2 heterocycles. The maximum absolute atomic E-state index is 11.3. The highest BCUT2D eigenvalue weighted by atomic mass is 28.3. The largest absolute Gasteiger partial charge is 0.495 e. The van der Waals surface area contributed by atoms with E-state index < -0.39 is 14.0 Å². The zero-order valence-electron chi connectivity index (χ0n) is 13.3. The summed E-state index contributed by atoms with van der Waals surface area (Å²) in [5, 5.41) is 16.1. The summed E-state index contributed by atoms with van der Waals surface area (Å²) in [6, 6.07) is 1.04. The van der Waals surface area contributed by atoms with Crippen molar-refractivity contribution in [2.24, 2.45) is 0 Å². The molecule has 0 saturated heterocycles. The number of ether oxygens (including phenoxy) is 2. The van der Waals surface area contributed by atoms with Crippen molar-refractivity contribution >= 4 is 25.1 Å². The number of aromatic nitrogens is 3. The van der Waals surface area contributed by atoms with Crippen LogP contribution in [0.4, 0.5) is 0 Å². The Morgan fingerprint density at radius 1 is 1.41 bits per heavy atom.